The normalized spacial score (nSPS) is 16.5. The standard InChI is InChI=1S/C15H24IN3OS.HI/c1-3-20-12-7-10-19(11-8-12)15(17-2)18-9-6-13-4-5-14(16)21-13;/h4-5,12H,3,6-11H2,1-2H3,(H,17,18);1H. The molecule has 7 heteroatoms. The zero-order valence-electron chi connectivity index (χ0n) is 13.2. The third kappa shape index (κ3) is 6.48. The van der Waals surface area contributed by atoms with Gasteiger partial charge in [0, 0.05) is 38.2 Å². The summed E-state index contributed by atoms with van der Waals surface area (Å²) in [5.41, 5.74) is 0. The molecular weight excluding hydrogens is 524 g/mol. The highest BCUT2D eigenvalue weighted by molar-refractivity contribution is 14.1. The van der Waals surface area contributed by atoms with Crippen LogP contribution in [0.3, 0.4) is 0 Å². The van der Waals surface area contributed by atoms with Gasteiger partial charge in [-0.15, -0.1) is 35.3 Å². The molecular formula is C15H25I2N3OS. The molecule has 2 rings (SSSR count). The fourth-order valence-corrected chi connectivity index (χ4v) is 4.34. The number of hydrogen-bond donors (Lipinski definition) is 1. The molecule has 4 nitrogen and oxygen atoms in total. The largest absolute Gasteiger partial charge is 0.378 e. The van der Waals surface area contributed by atoms with Gasteiger partial charge >= 0.3 is 0 Å². The van der Waals surface area contributed by atoms with Crippen molar-refractivity contribution in [1.82, 2.24) is 10.2 Å². The topological polar surface area (TPSA) is 36.9 Å². The van der Waals surface area contributed by atoms with E-state index in [0.717, 1.165) is 51.5 Å². The van der Waals surface area contributed by atoms with Crippen molar-refractivity contribution < 1.29 is 4.74 Å². The highest BCUT2D eigenvalue weighted by Crippen LogP contribution is 2.18. The molecule has 0 saturated carbocycles. The summed E-state index contributed by atoms with van der Waals surface area (Å²) in [6.07, 6.45) is 3.68. The van der Waals surface area contributed by atoms with Crippen molar-refractivity contribution in [2.24, 2.45) is 4.99 Å². The van der Waals surface area contributed by atoms with E-state index in [4.69, 9.17) is 4.74 Å². The second kappa shape index (κ2) is 11.0. The molecule has 2 heterocycles. The Morgan fingerprint density at radius 1 is 1.45 bits per heavy atom. The van der Waals surface area contributed by atoms with Crippen LogP contribution in [0, 0.1) is 2.88 Å². The van der Waals surface area contributed by atoms with Crippen molar-refractivity contribution in [3.63, 3.8) is 0 Å². The van der Waals surface area contributed by atoms with E-state index in [1.54, 1.807) is 0 Å². The van der Waals surface area contributed by atoms with Crippen LogP contribution in [-0.4, -0.2) is 50.3 Å². The maximum atomic E-state index is 5.70. The van der Waals surface area contributed by atoms with Crippen LogP contribution in [0.2, 0.25) is 0 Å². The summed E-state index contributed by atoms with van der Waals surface area (Å²) in [5, 5.41) is 3.48. The number of ether oxygens (including phenoxy) is 1. The Morgan fingerprint density at radius 3 is 2.73 bits per heavy atom. The van der Waals surface area contributed by atoms with Crippen LogP contribution in [0.15, 0.2) is 17.1 Å². The van der Waals surface area contributed by atoms with Crippen molar-refractivity contribution in [1.29, 1.82) is 0 Å². The highest BCUT2D eigenvalue weighted by atomic mass is 127. The first-order valence-electron chi connectivity index (χ1n) is 7.54. The van der Waals surface area contributed by atoms with Gasteiger partial charge in [-0.05, 0) is 60.9 Å². The van der Waals surface area contributed by atoms with Gasteiger partial charge in [0.05, 0.1) is 8.99 Å². The van der Waals surface area contributed by atoms with Crippen molar-refractivity contribution >= 4 is 63.9 Å². The molecule has 126 valence electrons. The Hall–Kier alpha value is 0.390. The molecule has 0 aromatic carbocycles. The second-order valence-corrected chi connectivity index (χ2v) is 8.13. The molecule has 1 aliphatic heterocycles. The lowest BCUT2D eigenvalue weighted by molar-refractivity contribution is 0.0264. The molecule has 1 aliphatic rings. The first-order chi connectivity index (χ1) is 10.2. The molecule has 0 spiro atoms. The van der Waals surface area contributed by atoms with E-state index >= 15 is 0 Å². The third-order valence-electron chi connectivity index (χ3n) is 3.64. The first kappa shape index (κ1) is 20.4. The van der Waals surface area contributed by atoms with Crippen LogP contribution in [0.5, 0.6) is 0 Å². The number of halogens is 2. The zero-order chi connectivity index (χ0) is 15.1. The zero-order valence-corrected chi connectivity index (χ0v) is 18.5. The SMILES string of the molecule is CCOC1CCN(C(=NC)NCCc2ccc(I)s2)CC1.I. The quantitative estimate of drug-likeness (QED) is 0.347. The maximum Gasteiger partial charge on any atom is 0.193 e. The molecule has 1 saturated heterocycles. The van der Waals surface area contributed by atoms with Crippen LogP contribution >= 0.6 is 57.9 Å². The Bertz CT molecular complexity index is 459. The number of likely N-dealkylation sites (tertiary alicyclic amines) is 1. The van der Waals surface area contributed by atoms with Gasteiger partial charge in [0.15, 0.2) is 5.96 Å². The summed E-state index contributed by atoms with van der Waals surface area (Å²) < 4.78 is 7.05. The van der Waals surface area contributed by atoms with Crippen LogP contribution < -0.4 is 5.32 Å². The van der Waals surface area contributed by atoms with E-state index in [-0.39, 0.29) is 24.0 Å². The molecule has 0 radical (unpaired) electrons. The smallest absolute Gasteiger partial charge is 0.193 e. The summed E-state index contributed by atoms with van der Waals surface area (Å²) in [5.74, 6) is 1.02. The monoisotopic (exact) mass is 549 g/mol. The van der Waals surface area contributed by atoms with Crippen molar-refractivity contribution in [3.8, 4) is 0 Å². The Labute approximate surface area is 168 Å². The molecule has 1 aromatic heterocycles. The summed E-state index contributed by atoms with van der Waals surface area (Å²) >= 11 is 4.24. The summed E-state index contributed by atoms with van der Waals surface area (Å²) in [7, 11) is 1.87. The van der Waals surface area contributed by atoms with Crippen molar-refractivity contribution in [2.75, 3.05) is 33.3 Å². The predicted octanol–water partition coefficient (Wildman–Crippen LogP) is 3.59. The Morgan fingerprint density at radius 2 is 2.18 bits per heavy atom. The number of piperidine rings is 1. The minimum Gasteiger partial charge on any atom is -0.378 e. The van der Waals surface area contributed by atoms with E-state index < -0.39 is 0 Å². The van der Waals surface area contributed by atoms with Gasteiger partial charge in [0.1, 0.15) is 0 Å². The third-order valence-corrected chi connectivity index (χ3v) is 5.59. The van der Waals surface area contributed by atoms with E-state index in [1.165, 1.54) is 7.76 Å². The molecule has 0 bridgehead atoms. The summed E-state index contributed by atoms with van der Waals surface area (Å²) in [6, 6.07) is 4.39. The number of thiophene rings is 1. The molecule has 0 unspecified atom stereocenters. The van der Waals surface area contributed by atoms with Gasteiger partial charge in [-0.2, -0.15) is 0 Å². The number of hydrogen-bond acceptors (Lipinski definition) is 3. The molecule has 1 aromatic rings. The lowest BCUT2D eigenvalue weighted by atomic mass is 10.1. The minimum absolute atomic E-state index is 0. The highest BCUT2D eigenvalue weighted by Gasteiger charge is 2.21. The fourth-order valence-electron chi connectivity index (χ4n) is 2.59. The summed E-state index contributed by atoms with van der Waals surface area (Å²) in [6.45, 7) is 5.88. The Kier molecular flexibility index (Phi) is 10.2. The van der Waals surface area contributed by atoms with E-state index in [0.29, 0.717) is 6.10 Å². The van der Waals surface area contributed by atoms with Gasteiger partial charge < -0.3 is 15.0 Å². The average Bonchev–Trinajstić information content (AvgIpc) is 2.91. The first-order valence-corrected chi connectivity index (χ1v) is 9.44. The van der Waals surface area contributed by atoms with Gasteiger partial charge in [-0.25, -0.2) is 0 Å². The Balaban J connectivity index is 0.00000242. The maximum absolute atomic E-state index is 5.70. The van der Waals surface area contributed by atoms with Crippen LogP contribution in [0.25, 0.3) is 0 Å². The van der Waals surface area contributed by atoms with Gasteiger partial charge in [0.25, 0.3) is 0 Å². The van der Waals surface area contributed by atoms with E-state index in [1.807, 2.05) is 18.4 Å². The van der Waals surface area contributed by atoms with Crippen LogP contribution in [0.1, 0.15) is 24.6 Å². The second-order valence-electron chi connectivity index (χ2n) is 5.07. The molecule has 0 atom stereocenters. The van der Waals surface area contributed by atoms with Crippen molar-refractivity contribution in [3.05, 3.63) is 19.9 Å². The molecule has 1 fully saturated rings. The van der Waals surface area contributed by atoms with E-state index in [9.17, 15) is 0 Å². The van der Waals surface area contributed by atoms with Gasteiger partial charge in [-0.1, -0.05) is 0 Å². The molecule has 0 amide bonds. The number of nitrogens with zero attached hydrogens (tertiary/aromatic N) is 2. The lowest BCUT2D eigenvalue weighted by Gasteiger charge is -2.34. The van der Waals surface area contributed by atoms with Gasteiger partial charge in [0.2, 0.25) is 0 Å². The number of guanidine groups is 1. The fraction of sp³-hybridized carbons (Fsp3) is 0.667. The molecule has 22 heavy (non-hydrogen) atoms. The number of aliphatic imine (C=N–C) groups is 1. The van der Waals surface area contributed by atoms with E-state index in [2.05, 4.69) is 56.9 Å². The molecule has 0 aliphatic carbocycles. The minimum atomic E-state index is 0. The van der Waals surface area contributed by atoms with Crippen LogP contribution in [0.4, 0.5) is 0 Å². The number of rotatable bonds is 5. The number of nitrogens with one attached hydrogen (secondary N) is 1. The lowest BCUT2D eigenvalue weighted by Crippen LogP contribution is -2.47. The molecule has 1 N–H and O–H groups in total. The van der Waals surface area contributed by atoms with Gasteiger partial charge in [-0.3, -0.25) is 4.99 Å². The van der Waals surface area contributed by atoms with Crippen molar-refractivity contribution in [2.45, 2.75) is 32.3 Å². The summed E-state index contributed by atoms with van der Waals surface area (Å²) in [4.78, 5) is 8.18. The van der Waals surface area contributed by atoms with Crippen LogP contribution in [-0.2, 0) is 11.2 Å². The predicted molar refractivity (Wildman–Crippen MR) is 114 cm³/mol. The average molecular weight is 549 g/mol.